The molecule has 0 saturated heterocycles. The summed E-state index contributed by atoms with van der Waals surface area (Å²) in [5, 5.41) is 13.8. The number of hydrogen-bond acceptors (Lipinski definition) is 4. The van der Waals surface area contributed by atoms with Crippen LogP contribution >= 0.6 is 0 Å². The zero-order valence-corrected chi connectivity index (χ0v) is 12.2. The third-order valence-electron chi connectivity index (χ3n) is 4.33. The first-order valence-electron chi connectivity index (χ1n) is 7.29. The topological polar surface area (TPSA) is 57.9 Å². The molecule has 0 aliphatic heterocycles. The van der Waals surface area contributed by atoms with Gasteiger partial charge in [0, 0.05) is 31.8 Å². The quantitative estimate of drug-likeness (QED) is 0.882. The van der Waals surface area contributed by atoms with E-state index in [-0.39, 0.29) is 0 Å². The number of para-hydroxylation sites is 1. The van der Waals surface area contributed by atoms with Crippen LogP contribution in [0.15, 0.2) is 30.5 Å². The van der Waals surface area contributed by atoms with E-state index in [1.807, 2.05) is 24.3 Å². The lowest BCUT2D eigenvalue weighted by Gasteiger charge is -2.18. The lowest BCUT2D eigenvalue weighted by Crippen LogP contribution is -2.18. The van der Waals surface area contributed by atoms with Crippen LogP contribution in [0.25, 0.3) is 10.9 Å². The van der Waals surface area contributed by atoms with E-state index in [9.17, 15) is 5.26 Å². The Morgan fingerprint density at radius 3 is 2.90 bits per heavy atom. The largest absolute Gasteiger partial charge is 0.385 e. The van der Waals surface area contributed by atoms with Gasteiger partial charge in [-0.1, -0.05) is 18.2 Å². The van der Waals surface area contributed by atoms with E-state index in [0.29, 0.717) is 11.0 Å². The highest BCUT2D eigenvalue weighted by molar-refractivity contribution is 5.93. The van der Waals surface area contributed by atoms with Crippen molar-refractivity contribution in [3.63, 3.8) is 0 Å². The van der Waals surface area contributed by atoms with Crippen LogP contribution in [0.5, 0.6) is 0 Å². The number of aromatic nitrogens is 1. The minimum atomic E-state index is 0.340. The Hall–Kier alpha value is -2.12. The number of pyridine rings is 1. The Balaban J connectivity index is 1.85. The van der Waals surface area contributed by atoms with Crippen LogP contribution < -0.4 is 5.32 Å². The second-order valence-corrected chi connectivity index (χ2v) is 5.77. The summed E-state index contributed by atoms with van der Waals surface area (Å²) in [6, 6.07) is 10.2. The molecule has 0 bridgehead atoms. The van der Waals surface area contributed by atoms with Crippen LogP contribution in [0, 0.1) is 16.7 Å². The molecule has 2 aromatic rings. The fourth-order valence-electron chi connectivity index (χ4n) is 2.70. The number of ether oxygens (including phenoxy) is 1. The fraction of sp³-hybridized carbons (Fsp3) is 0.412. The third-order valence-corrected chi connectivity index (χ3v) is 4.33. The molecule has 21 heavy (non-hydrogen) atoms. The molecule has 0 radical (unpaired) electrons. The van der Waals surface area contributed by atoms with E-state index in [2.05, 4.69) is 16.4 Å². The molecule has 0 spiro atoms. The minimum absolute atomic E-state index is 0.340. The molecule has 1 aliphatic rings. The van der Waals surface area contributed by atoms with Crippen molar-refractivity contribution in [3.8, 4) is 6.07 Å². The fourth-order valence-corrected chi connectivity index (χ4v) is 2.70. The van der Waals surface area contributed by atoms with Gasteiger partial charge in [0.2, 0.25) is 0 Å². The van der Waals surface area contributed by atoms with Gasteiger partial charge in [-0.3, -0.25) is 4.98 Å². The number of benzene rings is 1. The summed E-state index contributed by atoms with van der Waals surface area (Å²) in [6.45, 7) is 1.68. The Labute approximate surface area is 124 Å². The van der Waals surface area contributed by atoms with Gasteiger partial charge in [-0.05, 0) is 30.7 Å². The molecule has 3 rings (SSSR count). The Kier molecular flexibility index (Phi) is 3.76. The molecule has 4 nitrogen and oxygen atoms in total. The maximum absolute atomic E-state index is 9.31. The summed E-state index contributed by atoms with van der Waals surface area (Å²) in [5.74, 6) is 0. The SMILES string of the molecule is COCCC1(CNc2c(C#N)cnc3ccccc23)CC1. The molecule has 0 amide bonds. The number of nitrogens with zero attached hydrogens (tertiary/aromatic N) is 2. The van der Waals surface area contributed by atoms with E-state index in [1.54, 1.807) is 13.3 Å². The van der Waals surface area contributed by atoms with Gasteiger partial charge < -0.3 is 10.1 Å². The molecular weight excluding hydrogens is 262 g/mol. The predicted molar refractivity (Wildman–Crippen MR) is 83.1 cm³/mol. The number of anilines is 1. The first-order chi connectivity index (χ1) is 10.3. The van der Waals surface area contributed by atoms with E-state index in [1.165, 1.54) is 12.8 Å². The van der Waals surface area contributed by atoms with Crippen molar-refractivity contribution in [2.75, 3.05) is 25.6 Å². The van der Waals surface area contributed by atoms with Crippen molar-refractivity contribution < 1.29 is 4.74 Å². The molecule has 0 unspecified atom stereocenters. The molecule has 1 heterocycles. The molecule has 4 heteroatoms. The number of fused-ring (bicyclic) bond motifs is 1. The molecule has 1 fully saturated rings. The standard InChI is InChI=1S/C17H19N3O/c1-21-9-8-17(6-7-17)12-20-16-13(10-18)11-19-15-5-3-2-4-14(15)16/h2-5,11H,6-9,12H2,1H3,(H,19,20). The summed E-state index contributed by atoms with van der Waals surface area (Å²) >= 11 is 0. The van der Waals surface area contributed by atoms with Crippen molar-refractivity contribution in [1.29, 1.82) is 5.26 Å². The number of nitrogens with one attached hydrogen (secondary N) is 1. The summed E-state index contributed by atoms with van der Waals surface area (Å²) < 4.78 is 5.19. The highest BCUT2D eigenvalue weighted by Gasteiger charge is 2.41. The lowest BCUT2D eigenvalue weighted by atomic mass is 10.0. The van der Waals surface area contributed by atoms with Gasteiger partial charge in [0.1, 0.15) is 6.07 Å². The van der Waals surface area contributed by atoms with Gasteiger partial charge in [0.25, 0.3) is 0 Å². The Bertz CT molecular complexity index is 686. The van der Waals surface area contributed by atoms with Gasteiger partial charge >= 0.3 is 0 Å². The Morgan fingerprint density at radius 2 is 2.19 bits per heavy atom. The molecule has 1 aromatic carbocycles. The number of nitriles is 1. The highest BCUT2D eigenvalue weighted by Crippen LogP contribution is 2.49. The summed E-state index contributed by atoms with van der Waals surface area (Å²) in [7, 11) is 1.74. The van der Waals surface area contributed by atoms with Crippen molar-refractivity contribution in [1.82, 2.24) is 4.98 Å². The van der Waals surface area contributed by atoms with E-state index >= 15 is 0 Å². The minimum Gasteiger partial charge on any atom is -0.385 e. The summed E-state index contributed by atoms with van der Waals surface area (Å²) in [4.78, 5) is 4.34. The van der Waals surface area contributed by atoms with Crippen LogP contribution in [0.4, 0.5) is 5.69 Å². The normalized spacial score (nSPS) is 15.6. The average Bonchev–Trinajstić information content (AvgIpc) is 3.31. The second-order valence-electron chi connectivity index (χ2n) is 5.77. The second kappa shape index (κ2) is 5.71. The first-order valence-corrected chi connectivity index (χ1v) is 7.29. The molecule has 108 valence electrons. The number of methoxy groups -OCH3 is 1. The zero-order valence-electron chi connectivity index (χ0n) is 12.2. The molecule has 1 N–H and O–H groups in total. The smallest absolute Gasteiger partial charge is 0.103 e. The van der Waals surface area contributed by atoms with Gasteiger partial charge in [-0.2, -0.15) is 5.26 Å². The molecule has 1 aromatic heterocycles. The molecule has 1 aliphatic carbocycles. The van der Waals surface area contributed by atoms with Crippen LogP contribution in [0.2, 0.25) is 0 Å². The van der Waals surface area contributed by atoms with Gasteiger partial charge in [0.05, 0.1) is 16.8 Å². The van der Waals surface area contributed by atoms with Crippen LogP contribution in [-0.2, 0) is 4.74 Å². The van der Waals surface area contributed by atoms with E-state index in [0.717, 1.165) is 36.2 Å². The van der Waals surface area contributed by atoms with Gasteiger partial charge in [-0.15, -0.1) is 0 Å². The molecule has 0 atom stereocenters. The van der Waals surface area contributed by atoms with Crippen LogP contribution in [0.3, 0.4) is 0 Å². The van der Waals surface area contributed by atoms with Gasteiger partial charge in [0.15, 0.2) is 0 Å². The van der Waals surface area contributed by atoms with Gasteiger partial charge in [-0.25, -0.2) is 0 Å². The van der Waals surface area contributed by atoms with Crippen molar-refractivity contribution in [2.45, 2.75) is 19.3 Å². The van der Waals surface area contributed by atoms with Crippen LogP contribution in [-0.4, -0.2) is 25.2 Å². The van der Waals surface area contributed by atoms with Crippen LogP contribution in [0.1, 0.15) is 24.8 Å². The highest BCUT2D eigenvalue weighted by atomic mass is 16.5. The zero-order chi connectivity index (χ0) is 14.7. The molecule has 1 saturated carbocycles. The van der Waals surface area contributed by atoms with Crippen molar-refractivity contribution in [2.24, 2.45) is 5.41 Å². The maximum atomic E-state index is 9.31. The maximum Gasteiger partial charge on any atom is 0.103 e. The average molecular weight is 281 g/mol. The van der Waals surface area contributed by atoms with Crippen molar-refractivity contribution in [3.05, 3.63) is 36.0 Å². The summed E-state index contributed by atoms with van der Waals surface area (Å²) in [5.41, 5.74) is 2.77. The number of rotatable bonds is 6. The monoisotopic (exact) mass is 281 g/mol. The third kappa shape index (κ3) is 2.84. The van der Waals surface area contributed by atoms with E-state index < -0.39 is 0 Å². The first kappa shape index (κ1) is 13.8. The van der Waals surface area contributed by atoms with E-state index in [4.69, 9.17) is 4.74 Å². The van der Waals surface area contributed by atoms with Crippen molar-refractivity contribution >= 4 is 16.6 Å². The number of hydrogen-bond donors (Lipinski definition) is 1. The lowest BCUT2D eigenvalue weighted by molar-refractivity contribution is 0.175. The predicted octanol–water partition coefficient (Wildman–Crippen LogP) is 3.34. The summed E-state index contributed by atoms with van der Waals surface area (Å²) in [6.07, 6.45) is 5.18. The molecular formula is C17H19N3O. The Morgan fingerprint density at radius 1 is 1.38 bits per heavy atom.